The van der Waals surface area contributed by atoms with Crippen LogP contribution >= 0.6 is 0 Å². The van der Waals surface area contributed by atoms with Crippen molar-refractivity contribution in [1.29, 1.82) is 0 Å². The average molecular weight is 672 g/mol. The first-order chi connectivity index (χ1) is 25.3. The Labute approximate surface area is 306 Å². The minimum absolute atomic E-state index is 0.0533. The van der Waals surface area contributed by atoms with E-state index in [1.54, 1.807) is 5.57 Å². The summed E-state index contributed by atoms with van der Waals surface area (Å²) in [5.41, 5.74) is 19.1. The summed E-state index contributed by atoms with van der Waals surface area (Å²) in [4.78, 5) is 2.40. The number of fused-ring (bicyclic) bond motifs is 6. The molecule has 2 heteroatoms. The van der Waals surface area contributed by atoms with Crippen LogP contribution in [0, 0.1) is 0 Å². The zero-order valence-electron chi connectivity index (χ0n) is 30.2. The number of hydrogen-bond acceptors (Lipinski definition) is 2. The molecule has 0 N–H and O–H groups in total. The first-order valence-electron chi connectivity index (χ1n) is 18.6. The van der Waals surface area contributed by atoms with Crippen molar-refractivity contribution in [2.75, 3.05) is 4.90 Å². The third-order valence-electron chi connectivity index (χ3n) is 12.0. The van der Waals surface area contributed by atoms with E-state index in [1.807, 2.05) is 12.1 Å². The molecule has 6 aromatic carbocycles. The molecule has 7 aromatic rings. The van der Waals surface area contributed by atoms with Crippen molar-refractivity contribution in [3.05, 3.63) is 180 Å². The van der Waals surface area contributed by atoms with Gasteiger partial charge in [0.1, 0.15) is 11.3 Å². The molecule has 0 saturated heterocycles. The zero-order chi connectivity index (χ0) is 35.2. The predicted octanol–water partition coefficient (Wildman–Crippen LogP) is 13.9. The SMILES string of the molecule is CC1(C)C2=C(C=CCC2)c2c(-c3ccc(N(c4ccc(-c5cc6ccccc6o5)cc4)c4ccc5c(c4)C(C)(C)c4ccccc4-5)cc3)cccc21. The van der Waals surface area contributed by atoms with Crippen molar-refractivity contribution < 1.29 is 4.42 Å². The van der Waals surface area contributed by atoms with Crippen molar-refractivity contribution in [3.8, 4) is 33.6 Å². The lowest BCUT2D eigenvalue weighted by atomic mass is 9.78. The summed E-state index contributed by atoms with van der Waals surface area (Å²) in [6, 6.07) is 51.1. The molecule has 0 atom stereocenters. The van der Waals surface area contributed by atoms with Gasteiger partial charge in [-0.15, -0.1) is 0 Å². The number of rotatable bonds is 5. The van der Waals surface area contributed by atoms with Crippen LogP contribution in [0.4, 0.5) is 17.1 Å². The quantitative estimate of drug-likeness (QED) is 0.181. The molecule has 0 saturated carbocycles. The van der Waals surface area contributed by atoms with Crippen LogP contribution in [0.25, 0.3) is 50.1 Å². The second-order valence-electron chi connectivity index (χ2n) is 15.7. The fourth-order valence-electron chi connectivity index (χ4n) is 9.28. The van der Waals surface area contributed by atoms with Crippen molar-refractivity contribution in [1.82, 2.24) is 0 Å². The highest BCUT2D eigenvalue weighted by atomic mass is 16.3. The first kappa shape index (κ1) is 30.9. The van der Waals surface area contributed by atoms with E-state index < -0.39 is 0 Å². The lowest BCUT2D eigenvalue weighted by molar-refractivity contribution is 0.607. The molecule has 10 rings (SSSR count). The van der Waals surface area contributed by atoms with Gasteiger partial charge < -0.3 is 9.32 Å². The molecule has 1 aromatic heterocycles. The Morgan fingerprint density at radius 3 is 1.98 bits per heavy atom. The van der Waals surface area contributed by atoms with Crippen LogP contribution in [-0.2, 0) is 10.8 Å². The number of hydrogen-bond donors (Lipinski definition) is 0. The van der Waals surface area contributed by atoms with Gasteiger partial charge in [0, 0.05) is 38.8 Å². The standard InChI is InChI=1S/C50H41NO/c1-49(2)43-17-9-7-14-41(43)48-38(15-11-18-44(48)49)32-20-24-35(25-21-32)51(36-26-22-33(23-27-36)47-30-34-12-5-10-19-46(34)52-47)37-28-29-40-39-13-6-8-16-42(39)50(3,4)45(40)31-37/h5-8,10-16,18-31H,9,17H2,1-4H3. The van der Waals surface area contributed by atoms with Crippen LogP contribution in [0.3, 0.4) is 0 Å². The fraction of sp³-hybridized carbons (Fsp3) is 0.160. The zero-order valence-corrected chi connectivity index (χ0v) is 30.2. The molecule has 0 radical (unpaired) electrons. The molecule has 2 nitrogen and oxygen atoms in total. The Morgan fingerprint density at radius 2 is 1.19 bits per heavy atom. The van der Waals surface area contributed by atoms with Gasteiger partial charge in [0.25, 0.3) is 0 Å². The Bertz CT molecular complexity index is 2580. The van der Waals surface area contributed by atoms with E-state index in [9.17, 15) is 0 Å². The summed E-state index contributed by atoms with van der Waals surface area (Å²) in [6.45, 7) is 9.50. The lowest BCUT2D eigenvalue weighted by Crippen LogP contribution is -2.17. The molecular formula is C50H41NO. The van der Waals surface area contributed by atoms with Gasteiger partial charge in [-0.05, 0) is 124 Å². The topological polar surface area (TPSA) is 16.4 Å². The molecular weight excluding hydrogens is 631 g/mol. The summed E-state index contributed by atoms with van der Waals surface area (Å²) in [5, 5.41) is 1.12. The number of nitrogens with zero attached hydrogens (tertiary/aromatic N) is 1. The van der Waals surface area contributed by atoms with Gasteiger partial charge in [-0.2, -0.15) is 0 Å². The van der Waals surface area contributed by atoms with Crippen LogP contribution in [0.5, 0.6) is 0 Å². The summed E-state index contributed by atoms with van der Waals surface area (Å²) in [6.07, 6.45) is 6.98. The van der Waals surface area contributed by atoms with Crippen molar-refractivity contribution in [2.45, 2.75) is 51.4 Å². The molecule has 3 aliphatic rings. The van der Waals surface area contributed by atoms with E-state index in [1.165, 1.54) is 50.1 Å². The predicted molar refractivity (Wildman–Crippen MR) is 218 cm³/mol. The summed E-state index contributed by atoms with van der Waals surface area (Å²) < 4.78 is 6.24. The van der Waals surface area contributed by atoms with Gasteiger partial charge in [0.05, 0.1) is 0 Å². The summed E-state index contributed by atoms with van der Waals surface area (Å²) in [5.74, 6) is 0.880. The Hall–Kier alpha value is -5.86. The van der Waals surface area contributed by atoms with Gasteiger partial charge in [0.2, 0.25) is 0 Å². The Morgan fingerprint density at radius 1 is 0.538 bits per heavy atom. The molecule has 0 aliphatic heterocycles. The molecule has 0 unspecified atom stereocenters. The molecule has 3 aliphatic carbocycles. The van der Waals surface area contributed by atoms with Crippen LogP contribution in [0.15, 0.2) is 162 Å². The second-order valence-corrected chi connectivity index (χ2v) is 15.7. The smallest absolute Gasteiger partial charge is 0.135 e. The third-order valence-corrected chi connectivity index (χ3v) is 12.0. The normalized spacial score (nSPS) is 16.1. The van der Waals surface area contributed by atoms with Gasteiger partial charge in [0.15, 0.2) is 0 Å². The highest BCUT2D eigenvalue weighted by molar-refractivity contribution is 5.95. The van der Waals surface area contributed by atoms with E-state index >= 15 is 0 Å². The average Bonchev–Trinajstić information content (AvgIpc) is 3.79. The molecule has 1 heterocycles. The maximum absolute atomic E-state index is 6.24. The number of para-hydroxylation sites is 1. The molecule has 0 amide bonds. The van der Waals surface area contributed by atoms with E-state index in [4.69, 9.17) is 4.42 Å². The maximum atomic E-state index is 6.24. The first-order valence-corrected chi connectivity index (χ1v) is 18.6. The van der Waals surface area contributed by atoms with E-state index in [0.29, 0.717) is 0 Å². The lowest BCUT2D eigenvalue weighted by Gasteiger charge is -2.28. The highest BCUT2D eigenvalue weighted by Gasteiger charge is 2.39. The van der Waals surface area contributed by atoms with E-state index in [2.05, 4.69) is 172 Å². The van der Waals surface area contributed by atoms with Crippen molar-refractivity contribution >= 4 is 33.6 Å². The number of benzene rings is 6. The largest absolute Gasteiger partial charge is 0.456 e. The molecule has 0 spiro atoms. The van der Waals surface area contributed by atoms with Gasteiger partial charge >= 0.3 is 0 Å². The minimum Gasteiger partial charge on any atom is -0.456 e. The highest BCUT2D eigenvalue weighted by Crippen LogP contribution is 2.53. The summed E-state index contributed by atoms with van der Waals surface area (Å²) in [7, 11) is 0. The second kappa shape index (κ2) is 11.3. The van der Waals surface area contributed by atoms with Gasteiger partial charge in [-0.25, -0.2) is 0 Å². The van der Waals surface area contributed by atoms with Crippen molar-refractivity contribution in [3.63, 3.8) is 0 Å². The van der Waals surface area contributed by atoms with E-state index in [0.717, 1.165) is 52.2 Å². The van der Waals surface area contributed by atoms with Crippen LogP contribution in [0.1, 0.15) is 62.8 Å². The molecule has 252 valence electrons. The summed E-state index contributed by atoms with van der Waals surface area (Å²) >= 11 is 0. The maximum Gasteiger partial charge on any atom is 0.135 e. The molecule has 0 fully saturated rings. The number of allylic oxidation sites excluding steroid dienone is 4. The van der Waals surface area contributed by atoms with Gasteiger partial charge in [-0.1, -0.05) is 124 Å². The minimum atomic E-state index is -0.0921. The number of furan rings is 1. The van der Waals surface area contributed by atoms with E-state index in [-0.39, 0.29) is 10.8 Å². The number of anilines is 3. The van der Waals surface area contributed by atoms with Gasteiger partial charge in [-0.3, -0.25) is 0 Å². The molecule has 52 heavy (non-hydrogen) atoms. The van der Waals surface area contributed by atoms with Crippen molar-refractivity contribution in [2.24, 2.45) is 0 Å². The van der Waals surface area contributed by atoms with Crippen LogP contribution in [-0.4, -0.2) is 0 Å². The Balaban J connectivity index is 1.08. The van der Waals surface area contributed by atoms with Crippen LogP contribution in [0.2, 0.25) is 0 Å². The molecule has 0 bridgehead atoms. The monoisotopic (exact) mass is 671 g/mol. The third kappa shape index (κ3) is 4.57. The Kier molecular flexibility index (Phi) is 6.73. The van der Waals surface area contributed by atoms with Crippen LogP contribution < -0.4 is 4.90 Å². The fourth-order valence-corrected chi connectivity index (χ4v) is 9.28.